The summed E-state index contributed by atoms with van der Waals surface area (Å²) < 4.78 is 5.81. The molecule has 2 unspecified atom stereocenters. The van der Waals surface area contributed by atoms with Crippen molar-refractivity contribution in [2.75, 3.05) is 26.3 Å². The minimum atomic E-state index is 0.613. The molecule has 2 rings (SSSR count). The lowest BCUT2D eigenvalue weighted by molar-refractivity contribution is 0.0813. The molecule has 0 bridgehead atoms. The predicted octanol–water partition coefficient (Wildman–Crippen LogP) is 3.48. The van der Waals surface area contributed by atoms with E-state index in [1.807, 2.05) is 18.2 Å². The lowest BCUT2D eigenvalue weighted by Gasteiger charge is -2.21. The molecule has 1 aliphatic rings. The molecule has 1 heterocycles. The molecule has 1 aliphatic heterocycles. The molecule has 0 spiro atoms. The van der Waals surface area contributed by atoms with E-state index in [0.29, 0.717) is 17.9 Å². The van der Waals surface area contributed by atoms with E-state index in [-0.39, 0.29) is 0 Å². The lowest BCUT2D eigenvalue weighted by Crippen LogP contribution is -2.29. The monoisotopic (exact) mass is 300 g/mol. The fraction of sp³-hybridized carbons (Fsp3) is 0.632. The van der Waals surface area contributed by atoms with Gasteiger partial charge in [0.1, 0.15) is 0 Å². The molecule has 0 saturated carbocycles. The maximum Gasteiger partial charge on any atom is 0.0991 e. The van der Waals surface area contributed by atoms with E-state index in [4.69, 9.17) is 10.00 Å². The van der Waals surface area contributed by atoms with Gasteiger partial charge in [-0.1, -0.05) is 26.0 Å². The second-order valence-electron chi connectivity index (χ2n) is 6.94. The Hall–Kier alpha value is -1.37. The van der Waals surface area contributed by atoms with E-state index in [9.17, 15) is 0 Å². The largest absolute Gasteiger partial charge is 0.381 e. The first-order valence-corrected chi connectivity index (χ1v) is 8.39. The van der Waals surface area contributed by atoms with Gasteiger partial charge in [-0.05, 0) is 49.3 Å². The highest BCUT2D eigenvalue weighted by molar-refractivity contribution is 5.32. The van der Waals surface area contributed by atoms with Crippen LogP contribution in [0.25, 0.3) is 0 Å². The molecule has 1 aromatic rings. The first kappa shape index (κ1) is 17.0. The average molecular weight is 300 g/mol. The van der Waals surface area contributed by atoms with Crippen molar-refractivity contribution in [3.8, 4) is 6.07 Å². The normalized spacial score (nSPS) is 22.1. The Bertz CT molecular complexity index is 506. The molecular weight excluding hydrogens is 272 g/mol. The summed E-state index contributed by atoms with van der Waals surface area (Å²) in [6.07, 6.45) is 2.25. The van der Waals surface area contributed by atoms with Crippen LogP contribution in [0.2, 0.25) is 0 Å². The SMILES string of the molecule is CC(C)COCC1CC(C)N(CCc2cccc(C#N)c2)C1. The molecule has 0 amide bonds. The number of ether oxygens (including phenoxy) is 1. The van der Waals surface area contributed by atoms with Crippen molar-refractivity contribution in [2.45, 2.75) is 39.7 Å². The van der Waals surface area contributed by atoms with Gasteiger partial charge in [-0.2, -0.15) is 5.26 Å². The predicted molar refractivity (Wildman–Crippen MR) is 89.7 cm³/mol. The van der Waals surface area contributed by atoms with Crippen LogP contribution in [0.15, 0.2) is 24.3 Å². The van der Waals surface area contributed by atoms with Gasteiger partial charge >= 0.3 is 0 Å². The average Bonchev–Trinajstić information content (AvgIpc) is 2.85. The molecule has 0 N–H and O–H groups in total. The molecule has 22 heavy (non-hydrogen) atoms. The Kier molecular flexibility index (Phi) is 6.42. The van der Waals surface area contributed by atoms with Gasteiger partial charge < -0.3 is 4.74 Å². The molecule has 1 fully saturated rings. The van der Waals surface area contributed by atoms with Gasteiger partial charge in [0.25, 0.3) is 0 Å². The van der Waals surface area contributed by atoms with Gasteiger partial charge in [0, 0.05) is 25.7 Å². The second kappa shape index (κ2) is 8.31. The summed E-state index contributed by atoms with van der Waals surface area (Å²) >= 11 is 0. The number of hydrogen-bond donors (Lipinski definition) is 0. The van der Waals surface area contributed by atoms with Gasteiger partial charge in [0.05, 0.1) is 18.2 Å². The number of benzene rings is 1. The zero-order valence-electron chi connectivity index (χ0n) is 14.1. The minimum Gasteiger partial charge on any atom is -0.381 e. The highest BCUT2D eigenvalue weighted by Crippen LogP contribution is 2.23. The van der Waals surface area contributed by atoms with Crippen LogP contribution in [-0.2, 0) is 11.2 Å². The van der Waals surface area contributed by atoms with Crippen molar-refractivity contribution in [2.24, 2.45) is 11.8 Å². The Morgan fingerprint density at radius 3 is 2.95 bits per heavy atom. The van der Waals surface area contributed by atoms with E-state index < -0.39 is 0 Å². The van der Waals surface area contributed by atoms with Crippen molar-refractivity contribution in [1.82, 2.24) is 4.90 Å². The van der Waals surface area contributed by atoms with Crippen molar-refractivity contribution in [1.29, 1.82) is 5.26 Å². The van der Waals surface area contributed by atoms with Crippen LogP contribution < -0.4 is 0 Å². The first-order valence-electron chi connectivity index (χ1n) is 8.39. The number of nitriles is 1. The first-order chi connectivity index (χ1) is 10.6. The smallest absolute Gasteiger partial charge is 0.0991 e. The van der Waals surface area contributed by atoms with E-state index in [1.165, 1.54) is 12.0 Å². The summed E-state index contributed by atoms with van der Waals surface area (Å²) in [7, 11) is 0. The summed E-state index contributed by atoms with van der Waals surface area (Å²) in [4.78, 5) is 2.56. The molecule has 1 aromatic carbocycles. The third kappa shape index (κ3) is 5.12. The summed E-state index contributed by atoms with van der Waals surface area (Å²) in [6, 6.07) is 10.8. The maximum absolute atomic E-state index is 8.97. The van der Waals surface area contributed by atoms with Crippen LogP contribution in [0.3, 0.4) is 0 Å². The molecule has 120 valence electrons. The van der Waals surface area contributed by atoms with Gasteiger partial charge in [0.15, 0.2) is 0 Å². The van der Waals surface area contributed by atoms with Crippen LogP contribution in [-0.4, -0.2) is 37.2 Å². The minimum absolute atomic E-state index is 0.613. The molecule has 0 radical (unpaired) electrons. The van der Waals surface area contributed by atoms with Crippen LogP contribution in [0.4, 0.5) is 0 Å². The highest BCUT2D eigenvalue weighted by atomic mass is 16.5. The second-order valence-corrected chi connectivity index (χ2v) is 6.94. The molecule has 1 saturated heterocycles. The van der Waals surface area contributed by atoms with Gasteiger partial charge in [-0.25, -0.2) is 0 Å². The van der Waals surface area contributed by atoms with E-state index in [1.54, 1.807) is 0 Å². The zero-order chi connectivity index (χ0) is 15.9. The van der Waals surface area contributed by atoms with Crippen molar-refractivity contribution in [3.05, 3.63) is 35.4 Å². The summed E-state index contributed by atoms with van der Waals surface area (Å²) in [5, 5.41) is 8.97. The van der Waals surface area contributed by atoms with E-state index >= 15 is 0 Å². The Labute approximate surface area is 134 Å². The van der Waals surface area contributed by atoms with Crippen LogP contribution in [0.5, 0.6) is 0 Å². The molecular formula is C19H28N2O. The van der Waals surface area contributed by atoms with E-state index in [2.05, 4.69) is 37.8 Å². The quantitative estimate of drug-likeness (QED) is 0.773. The number of likely N-dealkylation sites (tertiary alicyclic amines) is 1. The summed E-state index contributed by atoms with van der Waals surface area (Å²) in [6.45, 7) is 10.7. The molecule has 3 nitrogen and oxygen atoms in total. The summed E-state index contributed by atoms with van der Waals surface area (Å²) in [5.41, 5.74) is 2.01. The van der Waals surface area contributed by atoms with E-state index in [0.717, 1.165) is 38.3 Å². The van der Waals surface area contributed by atoms with Crippen molar-refractivity contribution >= 4 is 0 Å². The number of hydrogen-bond acceptors (Lipinski definition) is 3. The summed E-state index contributed by atoms with van der Waals surface area (Å²) in [5.74, 6) is 1.28. The maximum atomic E-state index is 8.97. The fourth-order valence-corrected chi connectivity index (χ4v) is 3.19. The molecule has 3 heteroatoms. The molecule has 2 atom stereocenters. The molecule has 0 aromatic heterocycles. The Morgan fingerprint density at radius 1 is 1.41 bits per heavy atom. The zero-order valence-corrected chi connectivity index (χ0v) is 14.1. The van der Waals surface area contributed by atoms with Crippen molar-refractivity contribution < 1.29 is 4.74 Å². The van der Waals surface area contributed by atoms with Gasteiger partial charge in [0.2, 0.25) is 0 Å². The molecule has 0 aliphatic carbocycles. The Balaban J connectivity index is 1.77. The lowest BCUT2D eigenvalue weighted by atomic mass is 10.1. The number of rotatable bonds is 7. The van der Waals surface area contributed by atoms with Crippen LogP contribution >= 0.6 is 0 Å². The Morgan fingerprint density at radius 2 is 2.23 bits per heavy atom. The van der Waals surface area contributed by atoms with Gasteiger partial charge in [-0.3, -0.25) is 4.90 Å². The third-order valence-corrected chi connectivity index (χ3v) is 4.34. The van der Waals surface area contributed by atoms with Crippen molar-refractivity contribution in [3.63, 3.8) is 0 Å². The fourth-order valence-electron chi connectivity index (χ4n) is 3.19. The van der Waals surface area contributed by atoms with Crippen LogP contribution in [0, 0.1) is 23.2 Å². The van der Waals surface area contributed by atoms with Crippen LogP contribution in [0.1, 0.15) is 38.3 Å². The third-order valence-electron chi connectivity index (χ3n) is 4.34. The topological polar surface area (TPSA) is 36.3 Å². The highest BCUT2D eigenvalue weighted by Gasteiger charge is 2.28. The van der Waals surface area contributed by atoms with Gasteiger partial charge in [-0.15, -0.1) is 0 Å². The standard InChI is InChI=1S/C19H28N2O/c1-15(2)13-22-14-19-9-16(3)21(12-19)8-7-17-5-4-6-18(10-17)11-20/h4-6,10,15-16,19H,7-9,12-14H2,1-3H3. The number of nitrogens with zero attached hydrogens (tertiary/aromatic N) is 2.